The molecule has 1 saturated carbocycles. The lowest BCUT2D eigenvalue weighted by Crippen LogP contribution is -2.35. The van der Waals surface area contributed by atoms with Crippen molar-refractivity contribution in [2.45, 2.75) is 31.3 Å². The summed E-state index contributed by atoms with van der Waals surface area (Å²) >= 11 is 0. The molecule has 3 rings (SSSR count). The van der Waals surface area contributed by atoms with Crippen molar-refractivity contribution < 1.29 is 4.52 Å². The monoisotopic (exact) mass is 259 g/mol. The molecule has 0 atom stereocenters. The Balaban J connectivity index is 1.71. The second kappa shape index (κ2) is 4.97. The molecule has 6 heteroatoms. The minimum absolute atomic E-state index is 0.330. The van der Waals surface area contributed by atoms with Gasteiger partial charge in [0.25, 0.3) is 0 Å². The number of anilines is 1. The summed E-state index contributed by atoms with van der Waals surface area (Å²) < 4.78 is 4.83. The van der Waals surface area contributed by atoms with E-state index in [1.54, 1.807) is 12.6 Å². The summed E-state index contributed by atoms with van der Waals surface area (Å²) in [6.45, 7) is 0.664. The Morgan fingerprint density at radius 1 is 1.42 bits per heavy atom. The van der Waals surface area contributed by atoms with E-state index in [1.165, 1.54) is 0 Å². The summed E-state index contributed by atoms with van der Waals surface area (Å²) in [4.78, 5) is 10.7. The third-order valence-electron chi connectivity index (χ3n) is 3.55. The van der Waals surface area contributed by atoms with E-state index < -0.39 is 0 Å². The first-order valence-corrected chi connectivity index (χ1v) is 6.40. The highest BCUT2D eigenvalue weighted by Crippen LogP contribution is 2.35. The van der Waals surface area contributed by atoms with Crippen molar-refractivity contribution in [2.75, 3.05) is 11.9 Å². The maximum Gasteiger partial charge on any atom is 0.132 e. The zero-order valence-corrected chi connectivity index (χ0v) is 10.9. The van der Waals surface area contributed by atoms with Gasteiger partial charge in [-0.2, -0.15) is 0 Å². The van der Waals surface area contributed by atoms with E-state index in [-0.39, 0.29) is 0 Å². The summed E-state index contributed by atoms with van der Waals surface area (Å²) in [6.07, 6.45) is 5.23. The molecule has 0 aromatic carbocycles. The SMILES string of the molecule is CN(Cc1ccon1)c1cc(C2CC(N)C2)ncn1. The van der Waals surface area contributed by atoms with Gasteiger partial charge in [0.05, 0.1) is 6.54 Å². The zero-order chi connectivity index (χ0) is 13.2. The molecule has 0 radical (unpaired) electrons. The zero-order valence-electron chi connectivity index (χ0n) is 10.9. The molecule has 0 amide bonds. The molecular formula is C13H17N5O. The lowest BCUT2D eigenvalue weighted by molar-refractivity contribution is 0.345. The normalized spacial score (nSPS) is 22.0. The fourth-order valence-corrected chi connectivity index (χ4v) is 2.34. The van der Waals surface area contributed by atoms with Crippen LogP contribution in [0.15, 0.2) is 29.2 Å². The molecule has 1 aliphatic rings. The van der Waals surface area contributed by atoms with Crippen molar-refractivity contribution in [1.29, 1.82) is 0 Å². The Morgan fingerprint density at radius 2 is 2.26 bits per heavy atom. The van der Waals surface area contributed by atoms with Gasteiger partial charge in [-0.1, -0.05) is 5.16 Å². The summed E-state index contributed by atoms with van der Waals surface area (Å²) in [5, 5.41) is 3.90. The van der Waals surface area contributed by atoms with Crippen molar-refractivity contribution in [3.05, 3.63) is 36.1 Å². The number of rotatable bonds is 4. The second-order valence-corrected chi connectivity index (χ2v) is 5.08. The van der Waals surface area contributed by atoms with Gasteiger partial charge in [0.1, 0.15) is 24.1 Å². The first-order valence-electron chi connectivity index (χ1n) is 6.40. The second-order valence-electron chi connectivity index (χ2n) is 5.08. The molecule has 0 aliphatic heterocycles. The van der Waals surface area contributed by atoms with Crippen LogP contribution in [0.2, 0.25) is 0 Å². The van der Waals surface area contributed by atoms with Crippen LogP contribution in [0.1, 0.15) is 30.1 Å². The number of nitrogens with two attached hydrogens (primary N) is 1. The van der Waals surface area contributed by atoms with Gasteiger partial charge in [0.15, 0.2) is 0 Å². The van der Waals surface area contributed by atoms with Crippen LogP contribution in [0.5, 0.6) is 0 Å². The van der Waals surface area contributed by atoms with Crippen molar-refractivity contribution >= 4 is 5.82 Å². The predicted molar refractivity (Wildman–Crippen MR) is 70.6 cm³/mol. The van der Waals surface area contributed by atoms with Gasteiger partial charge in [0, 0.05) is 36.8 Å². The molecule has 0 unspecified atom stereocenters. The van der Waals surface area contributed by atoms with Gasteiger partial charge in [-0.25, -0.2) is 9.97 Å². The van der Waals surface area contributed by atoms with E-state index in [2.05, 4.69) is 15.1 Å². The third kappa shape index (κ3) is 2.58. The molecule has 0 bridgehead atoms. The molecule has 2 heterocycles. The van der Waals surface area contributed by atoms with Crippen molar-refractivity contribution in [2.24, 2.45) is 5.73 Å². The van der Waals surface area contributed by atoms with E-state index in [4.69, 9.17) is 10.3 Å². The van der Waals surface area contributed by atoms with E-state index >= 15 is 0 Å². The van der Waals surface area contributed by atoms with Crippen LogP contribution in [-0.2, 0) is 6.54 Å². The topological polar surface area (TPSA) is 81.1 Å². The molecule has 2 N–H and O–H groups in total. The molecule has 0 spiro atoms. The Labute approximate surface area is 111 Å². The minimum Gasteiger partial charge on any atom is -0.364 e. The largest absolute Gasteiger partial charge is 0.364 e. The molecule has 100 valence electrons. The Morgan fingerprint density at radius 3 is 2.95 bits per heavy atom. The highest BCUT2D eigenvalue weighted by Gasteiger charge is 2.28. The third-order valence-corrected chi connectivity index (χ3v) is 3.55. The molecular weight excluding hydrogens is 242 g/mol. The van der Waals surface area contributed by atoms with Crippen LogP contribution in [0, 0.1) is 0 Å². The van der Waals surface area contributed by atoms with Crippen LogP contribution in [0.4, 0.5) is 5.82 Å². The highest BCUT2D eigenvalue weighted by molar-refractivity contribution is 5.39. The van der Waals surface area contributed by atoms with Crippen LogP contribution >= 0.6 is 0 Å². The lowest BCUT2D eigenvalue weighted by atomic mass is 9.78. The summed E-state index contributed by atoms with van der Waals surface area (Å²) in [6, 6.07) is 4.22. The fraction of sp³-hybridized carbons (Fsp3) is 0.462. The van der Waals surface area contributed by atoms with Gasteiger partial charge in [-0.15, -0.1) is 0 Å². The maximum absolute atomic E-state index is 5.82. The predicted octanol–water partition coefficient (Wildman–Crippen LogP) is 1.31. The number of nitrogens with zero attached hydrogens (tertiary/aromatic N) is 4. The first kappa shape index (κ1) is 12.1. The quantitative estimate of drug-likeness (QED) is 0.891. The van der Waals surface area contributed by atoms with Gasteiger partial charge >= 0.3 is 0 Å². The van der Waals surface area contributed by atoms with Crippen LogP contribution in [0.3, 0.4) is 0 Å². The molecule has 0 saturated heterocycles. The smallest absolute Gasteiger partial charge is 0.132 e. The van der Waals surface area contributed by atoms with E-state index in [0.717, 1.165) is 30.0 Å². The number of hydrogen-bond acceptors (Lipinski definition) is 6. The molecule has 1 fully saturated rings. The maximum atomic E-state index is 5.82. The van der Waals surface area contributed by atoms with E-state index in [1.807, 2.05) is 24.1 Å². The Hall–Kier alpha value is -1.95. The first-order chi connectivity index (χ1) is 9.22. The average Bonchev–Trinajstić information content (AvgIpc) is 2.88. The van der Waals surface area contributed by atoms with Gasteiger partial charge in [-0.05, 0) is 12.8 Å². The van der Waals surface area contributed by atoms with Gasteiger partial charge in [-0.3, -0.25) is 0 Å². The average molecular weight is 259 g/mol. The standard InChI is InChI=1S/C13H17N5O/c1-18(7-11-2-3-19-17-11)13-6-12(15-8-16-13)9-4-10(14)5-9/h2-3,6,8-10H,4-5,7,14H2,1H3. The lowest BCUT2D eigenvalue weighted by Gasteiger charge is -2.32. The minimum atomic E-state index is 0.330. The molecule has 6 nitrogen and oxygen atoms in total. The molecule has 2 aromatic rings. The molecule has 2 aromatic heterocycles. The van der Waals surface area contributed by atoms with Gasteiger partial charge in [0.2, 0.25) is 0 Å². The number of aromatic nitrogens is 3. The molecule has 1 aliphatic carbocycles. The fourth-order valence-electron chi connectivity index (χ4n) is 2.34. The summed E-state index contributed by atoms with van der Waals surface area (Å²) in [7, 11) is 1.98. The van der Waals surface area contributed by atoms with E-state index in [0.29, 0.717) is 18.5 Å². The number of hydrogen-bond donors (Lipinski definition) is 1. The Kier molecular flexibility index (Phi) is 3.16. The van der Waals surface area contributed by atoms with Crippen molar-refractivity contribution in [3.8, 4) is 0 Å². The van der Waals surface area contributed by atoms with E-state index in [9.17, 15) is 0 Å². The van der Waals surface area contributed by atoms with Gasteiger partial charge < -0.3 is 15.2 Å². The van der Waals surface area contributed by atoms with Crippen LogP contribution < -0.4 is 10.6 Å². The summed E-state index contributed by atoms with van der Waals surface area (Å²) in [5.41, 5.74) is 7.79. The Bertz CT molecular complexity index is 536. The van der Waals surface area contributed by atoms with Crippen LogP contribution in [-0.4, -0.2) is 28.2 Å². The summed E-state index contributed by atoms with van der Waals surface area (Å²) in [5.74, 6) is 1.38. The highest BCUT2D eigenvalue weighted by atomic mass is 16.5. The van der Waals surface area contributed by atoms with Crippen molar-refractivity contribution in [3.63, 3.8) is 0 Å². The van der Waals surface area contributed by atoms with Crippen molar-refractivity contribution in [1.82, 2.24) is 15.1 Å². The van der Waals surface area contributed by atoms with Crippen LogP contribution in [0.25, 0.3) is 0 Å². The molecule has 19 heavy (non-hydrogen) atoms.